The summed E-state index contributed by atoms with van der Waals surface area (Å²) in [5, 5.41) is 4.90. The van der Waals surface area contributed by atoms with Crippen LogP contribution in [0.3, 0.4) is 0 Å². The summed E-state index contributed by atoms with van der Waals surface area (Å²) < 4.78 is 36.4. The van der Waals surface area contributed by atoms with Gasteiger partial charge in [0.05, 0.1) is 24.5 Å². The molecular formula is C17H23N3O7S. The molecule has 0 unspecified atom stereocenters. The van der Waals surface area contributed by atoms with Gasteiger partial charge in [-0.15, -0.1) is 0 Å². The van der Waals surface area contributed by atoms with Gasteiger partial charge in [-0.1, -0.05) is 17.7 Å². The van der Waals surface area contributed by atoms with Crippen LogP contribution in [0.5, 0.6) is 0 Å². The second kappa shape index (κ2) is 8.91. The number of sulfonamides is 1. The van der Waals surface area contributed by atoms with E-state index < -0.39 is 40.3 Å². The molecule has 3 amide bonds. The lowest BCUT2D eigenvalue weighted by Crippen LogP contribution is -2.43. The molecule has 1 fully saturated rings. The molecule has 0 aromatic heterocycles. The van der Waals surface area contributed by atoms with Crippen molar-refractivity contribution in [2.45, 2.75) is 36.8 Å². The van der Waals surface area contributed by atoms with Crippen LogP contribution in [-0.4, -0.2) is 63.7 Å². The van der Waals surface area contributed by atoms with E-state index in [4.69, 9.17) is 4.74 Å². The first-order valence-corrected chi connectivity index (χ1v) is 9.98. The maximum atomic E-state index is 13.0. The van der Waals surface area contributed by atoms with Gasteiger partial charge in [0.2, 0.25) is 0 Å². The van der Waals surface area contributed by atoms with Crippen molar-refractivity contribution in [3.8, 4) is 0 Å². The van der Waals surface area contributed by atoms with Crippen LogP contribution < -0.4 is 10.6 Å². The molecular weight excluding hydrogens is 390 g/mol. The van der Waals surface area contributed by atoms with Crippen molar-refractivity contribution in [2.24, 2.45) is 0 Å². The molecule has 10 nitrogen and oxygen atoms in total. The lowest BCUT2D eigenvalue weighted by molar-refractivity contribution is -0.141. The minimum atomic E-state index is -4.24. The number of hydrogen-bond acceptors (Lipinski definition) is 7. The van der Waals surface area contributed by atoms with Crippen molar-refractivity contribution in [3.05, 3.63) is 29.8 Å². The Kier molecular flexibility index (Phi) is 6.84. The average Bonchev–Trinajstić information content (AvgIpc) is 2.97. The van der Waals surface area contributed by atoms with E-state index >= 15 is 0 Å². The number of nitrogens with one attached hydrogen (secondary N) is 2. The molecule has 0 spiro atoms. The van der Waals surface area contributed by atoms with Gasteiger partial charge in [-0.25, -0.2) is 18.0 Å². The van der Waals surface area contributed by atoms with Gasteiger partial charge >= 0.3 is 18.1 Å². The highest BCUT2D eigenvalue weighted by atomic mass is 32.2. The molecule has 0 bridgehead atoms. The average molecular weight is 413 g/mol. The highest BCUT2D eigenvalue weighted by Gasteiger charge is 2.49. The van der Waals surface area contributed by atoms with Gasteiger partial charge in [-0.05, 0) is 19.1 Å². The van der Waals surface area contributed by atoms with E-state index in [0.29, 0.717) is 4.31 Å². The van der Waals surface area contributed by atoms with E-state index in [0.717, 1.165) is 5.56 Å². The highest BCUT2D eigenvalue weighted by molar-refractivity contribution is 7.89. The quantitative estimate of drug-likeness (QED) is 0.631. The number of methoxy groups -OCH3 is 1. The molecule has 154 valence electrons. The minimum Gasteiger partial charge on any atom is -0.469 e. The largest absolute Gasteiger partial charge is 0.469 e. The highest BCUT2D eigenvalue weighted by Crippen LogP contribution is 2.31. The van der Waals surface area contributed by atoms with Crippen molar-refractivity contribution in [1.82, 2.24) is 14.9 Å². The Labute approximate surface area is 163 Å². The second-order valence-corrected chi connectivity index (χ2v) is 7.99. The fraction of sp³-hybridized carbons (Fsp3) is 0.471. The zero-order chi connectivity index (χ0) is 20.9. The number of urea groups is 1. The molecule has 1 aromatic carbocycles. The molecule has 11 heteroatoms. The third-order valence-electron chi connectivity index (χ3n) is 4.29. The van der Waals surface area contributed by atoms with Crippen molar-refractivity contribution in [2.75, 3.05) is 20.7 Å². The summed E-state index contributed by atoms with van der Waals surface area (Å²) in [6.07, 6.45) is -2.22. The van der Waals surface area contributed by atoms with Gasteiger partial charge in [0.15, 0.2) is 0 Å². The van der Waals surface area contributed by atoms with E-state index in [-0.39, 0.29) is 24.3 Å². The van der Waals surface area contributed by atoms with Crippen LogP contribution in [0.25, 0.3) is 0 Å². The first kappa shape index (κ1) is 21.5. The molecule has 0 radical (unpaired) electrons. The number of carbonyl (C=O) groups excluding carboxylic acids is 3. The number of rotatable bonds is 7. The summed E-state index contributed by atoms with van der Waals surface area (Å²) in [6.45, 7) is 1.92. The molecule has 0 aliphatic carbocycles. The standard InChI is InChI=1S/C17H23N3O7S/c1-11-4-6-12(7-5-11)28(24,25)20-13(10-15(21)26-3)14(27-17(20)23)8-9-19-16(22)18-2/h4-7,13-14H,8-10H2,1-3H3,(H2,18,19,22)/t13-,14-/m0/s1. The smallest absolute Gasteiger partial charge is 0.424 e. The Morgan fingerprint density at radius 2 is 1.89 bits per heavy atom. The van der Waals surface area contributed by atoms with Crippen molar-refractivity contribution in [1.29, 1.82) is 0 Å². The van der Waals surface area contributed by atoms with Crippen LogP contribution in [0.2, 0.25) is 0 Å². The van der Waals surface area contributed by atoms with Crippen molar-refractivity contribution < 1.29 is 32.3 Å². The first-order chi connectivity index (χ1) is 13.2. The molecule has 28 heavy (non-hydrogen) atoms. The zero-order valence-electron chi connectivity index (χ0n) is 15.8. The van der Waals surface area contributed by atoms with Gasteiger partial charge < -0.3 is 20.1 Å². The van der Waals surface area contributed by atoms with Crippen LogP contribution in [0.15, 0.2) is 29.2 Å². The first-order valence-electron chi connectivity index (χ1n) is 8.54. The summed E-state index contributed by atoms with van der Waals surface area (Å²) in [6, 6.07) is 4.46. The third kappa shape index (κ3) is 4.71. The topological polar surface area (TPSA) is 131 Å². The fourth-order valence-corrected chi connectivity index (χ4v) is 4.30. The normalized spacial score (nSPS) is 19.1. The van der Waals surface area contributed by atoms with Gasteiger partial charge in [0, 0.05) is 20.0 Å². The van der Waals surface area contributed by atoms with E-state index in [2.05, 4.69) is 15.4 Å². The number of ether oxygens (including phenoxy) is 2. The SMILES string of the molecule is CNC(=O)NCC[C@@H]1OC(=O)N(S(=O)(=O)c2ccc(C)cc2)[C@H]1CC(=O)OC. The van der Waals surface area contributed by atoms with Gasteiger partial charge in [0.1, 0.15) is 6.10 Å². The number of aryl methyl sites for hydroxylation is 1. The molecule has 2 rings (SSSR count). The van der Waals surface area contributed by atoms with Crippen LogP contribution in [0.4, 0.5) is 9.59 Å². The maximum Gasteiger partial charge on any atom is 0.424 e. The lowest BCUT2D eigenvalue weighted by Gasteiger charge is -2.23. The molecule has 0 saturated carbocycles. The predicted octanol–water partition coefficient (Wildman–Crippen LogP) is 0.755. The Morgan fingerprint density at radius 3 is 2.46 bits per heavy atom. The molecule has 1 aromatic rings. The predicted molar refractivity (Wildman–Crippen MR) is 98.0 cm³/mol. The number of cyclic esters (lactones) is 1. The molecule has 1 heterocycles. The molecule has 1 aliphatic heterocycles. The van der Waals surface area contributed by atoms with Gasteiger partial charge in [0.25, 0.3) is 10.0 Å². The Morgan fingerprint density at radius 1 is 1.25 bits per heavy atom. The summed E-state index contributed by atoms with van der Waals surface area (Å²) in [5.74, 6) is -0.684. The summed E-state index contributed by atoms with van der Waals surface area (Å²) in [7, 11) is -1.62. The number of amides is 3. The van der Waals surface area contributed by atoms with Crippen molar-refractivity contribution >= 4 is 28.1 Å². The van der Waals surface area contributed by atoms with Crippen molar-refractivity contribution in [3.63, 3.8) is 0 Å². The summed E-state index contributed by atoms with van der Waals surface area (Å²) in [5.41, 5.74) is 0.854. The lowest BCUT2D eigenvalue weighted by atomic mass is 10.1. The number of nitrogens with zero attached hydrogens (tertiary/aromatic N) is 1. The summed E-state index contributed by atoms with van der Waals surface area (Å²) in [4.78, 5) is 35.4. The van der Waals surface area contributed by atoms with E-state index in [1.54, 1.807) is 19.1 Å². The molecule has 1 saturated heterocycles. The maximum absolute atomic E-state index is 13.0. The van der Waals surface area contributed by atoms with E-state index in [9.17, 15) is 22.8 Å². The number of carbonyl (C=O) groups is 3. The third-order valence-corrected chi connectivity index (χ3v) is 6.09. The molecule has 2 atom stereocenters. The van der Waals surface area contributed by atoms with Crippen LogP contribution in [0, 0.1) is 6.92 Å². The number of esters is 1. The second-order valence-electron chi connectivity index (χ2n) is 6.18. The monoisotopic (exact) mass is 413 g/mol. The van der Waals surface area contributed by atoms with Gasteiger partial charge in [-0.3, -0.25) is 4.79 Å². The van der Waals surface area contributed by atoms with Crippen LogP contribution >= 0.6 is 0 Å². The van der Waals surface area contributed by atoms with Crippen LogP contribution in [0.1, 0.15) is 18.4 Å². The molecule has 2 N–H and O–H groups in total. The van der Waals surface area contributed by atoms with Crippen LogP contribution in [-0.2, 0) is 24.3 Å². The Hall–Kier alpha value is -2.82. The number of benzene rings is 1. The van der Waals surface area contributed by atoms with E-state index in [1.165, 1.54) is 26.3 Å². The fourth-order valence-electron chi connectivity index (χ4n) is 2.78. The Balaban J connectivity index is 2.29. The minimum absolute atomic E-state index is 0.0888. The van der Waals surface area contributed by atoms with Gasteiger partial charge in [-0.2, -0.15) is 4.31 Å². The zero-order valence-corrected chi connectivity index (χ0v) is 16.6. The Bertz CT molecular complexity index is 839. The molecule has 1 aliphatic rings. The van der Waals surface area contributed by atoms with E-state index in [1.807, 2.05) is 0 Å². The summed E-state index contributed by atoms with van der Waals surface area (Å²) >= 11 is 0. The number of hydrogen-bond donors (Lipinski definition) is 2.